The first kappa shape index (κ1) is 36.9. The molecule has 1 fully saturated rings. The topological polar surface area (TPSA) is 136 Å². The number of carboxylic acid groups (broad SMARTS) is 1. The van der Waals surface area contributed by atoms with E-state index in [0.717, 1.165) is 32.7 Å². The van der Waals surface area contributed by atoms with Gasteiger partial charge in [0.25, 0.3) is 10.0 Å². The molecule has 0 aromatic heterocycles. The highest BCUT2D eigenvalue weighted by Gasteiger charge is 2.38. The molecule has 52 heavy (non-hydrogen) atoms. The van der Waals surface area contributed by atoms with Gasteiger partial charge in [0.05, 0.1) is 17.1 Å². The van der Waals surface area contributed by atoms with Crippen LogP contribution in [0.25, 0.3) is 0 Å². The summed E-state index contributed by atoms with van der Waals surface area (Å²) in [6.45, 7) is 6.40. The van der Waals surface area contributed by atoms with Gasteiger partial charge in [-0.25, -0.2) is 13.2 Å². The Kier molecular flexibility index (Phi) is 10.9. The standard InChI is InChI=1S/C40H43ClN4O6S/c1-25-20-26(2)37(27(3)21-25)52(50,51)43-34-11-7-6-10-33(34)29-16-18-44(19-17-29)39(47)35(22-28-12-14-32(41)15-13-28)42-38(46)36-23-30-8-4-5-9-31(30)24-45(36)40(48)49/h4-15,20-21,29,35-36,43H,16-19,22-24H2,1-3H3,(H,42,46)(H,48,49)/t35-,36+/m1/s1. The van der Waals surface area contributed by atoms with E-state index in [4.69, 9.17) is 11.6 Å². The van der Waals surface area contributed by atoms with Crippen molar-refractivity contribution in [2.75, 3.05) is 17.8 Å². The first-order valence-electron chi connectivity index (χ1n) is 17.4. The van der Waals surface area contributed by atoms with Crippen molar-refractivity contribution in [1.29, 1.82) is 0 Å². The van der Waals surface area contributed by atoms with Gasteiger partial charge in [-0.3, -0.25) is 19.2 Å². The molecule has 0 bridgehead atoms. The molecule has 10 nitrogen and oxygen atoms in total. The van der Waals surface area contributed by atoms with Gasteiger partial charge in [-0.15, -0.1) is 0 Å². The molecule has 272 valence electrons. The number of nitrogens with one attached hydrogen (secondary N) is 2. The molecule has 1 saturated heterocycles. The number of likely N-dealkylation sites (tertiary alicyclic amines) is 1. The molecule has 0 spiro atoms. The molecule has 0 unspecified atom stereocenters. The minimum atomic E-state index is -3.87. The number of para-hydroxylation sites is 1. The summed E-state index contributed by atoms with van der Waals surface area (Å²) in [6, 6.07) is 23.7. The van der Waals surface area contributed by atoms with E-state index in [1.165, 1.54) is 0 Å². The van der Waals surface area contributed by atoms with Crippen molar-refractivity contribution < 1.29 is 27.9 Å². The van der Waals surface area contributed by atoms with Crippen molar-refractivity contribution in [3.05, 3.63) is 129 Å². The SMILES string of the molecule is Cc1cc(C)c(S(=O)(=O)Nc2ccccc2C2CCN(C(=O)[C@@H](Cc3ccc(Cl)cc3)NC(=O)[C@@H]3Cc4ccccc4CN3C(=O)O)CC2)c(C)c1. The molecule has 0 radical (unpaired) electrons. The number of sulfonamides is 1. The number of fused-ring (bicyclic) bond motifs is 1. The summed E-state index contributed by atoms with van der Waals surface area (Å²) >= 11 is 6.12. The molecule has 4 aromatic carbocycles. The summed E-state index contributed by atoms with van der Waals surface area (Å²) < 4.78 is 30.2. The van der Waals surface area contributed by atoms with E-state index >= 15 is 0 Å². The van der Waals surface area contributed by atoms with Crippen LogP contribution < -0.4 is 10.0 Å². The van der Waals surface area contributed by atoms with Crippen molar-refractivity contribution >= 4 is 45.2 Å². The normalized spacial score (nSPS) is 16.9. The number of benzene rings is 4. The molecule has 0 aliphatic carbocycles. The van der Waals surface area contributed by atoms with Gasteiger partial charge >= 0.3 is 6.09 Å². The predicted octanol–water partition coefficient (Wildman–Crippen LogP) is 6.60. The fourth-order valence-corrected chi connectivity index (χ4v) is 9.32. The van der Waals surface area contributed by atoms with E-state index in [-0.39, 0.29) is 36.1 Å². The van der Waals surface area contributed by atoms with Gasteiger partial charge in [-0.1, -0.05) is 83.9 Å². The van der Waals surface area contributed by atoms with Gasteiger partial charge < -0.3 is 15.3 Å². The molecule has 12 heteroatoms. The highest BCUT2D eigenvalue weighted by atomic mass is 35.5. The lowest BCUT2D eigenvalue weighted by atomic mass is 9.88. The second kappa shape index (κ2) is 15.4. The number of anilines is 1. The number of hydrogen-bond donors (Lipinski definition) is 3. The summed E-state index contributed by atoms with van der Waals surface area (Å²) in [5.41, 5.74) is 6.26. The number of halogens is 1. The average molecular weight is 743 g/mol. The van der Waals surface area contributed by atoms with E-state index in [2.05, 4.69) is 10.0 Å². The fraction of sp³-hybridized carbons (Fsp3) is 0.325. The van der Waals surface area contributed by atoms with Crippen LogP contribution in [0.15, 0.2) is 89.8 Å². The zero-order valence-corrected chi connectivity index (χ0v) is 31.0. The van der Waals surface area contributed by atoms with Gasteiger partial charge in [0.2, 0.25) is 11.8 Å². The number of rotatable bonds is 9. The largest absolute Gasteiger partial charge is 0.465 e. The number of nitrogens with zero attached hydrogens (tertiary/aromatic N) is 2. The van der Waals surface area contributed by atoms with E-state index < -0.39 is 34.1 Å². The lowest BCUT2D eigenvalue weighted by Gasteiger charge is -2.37. The number of hydrogen-bond acceptors (Lipinski definition) is 5. The number of carbonyl (C=O) groups excluding carboxylic acids is 2. The van der Waals surface area contributed by atoms with Crippen LogP contribution in [0.5, 0.6) is 0 Å². The smallest absolute Gasteiger partial charge is 0.408 e. The van der Waals surface area contributed by atoms with Crippen molar-refractivity contribution in [3.8, 4) is 0 Å². The maximum atomic E-state index is 14.2. The Morgan fingerprint density at radius 3 is 2.15 bits per heavy atom. The maximum Gasteiger partial charge on any atom is 0.408 e. The Balaban J connectivity index is 1.18. The first-order valence-corrected chi connectivity index (χ1v) is 19.3. The van der Waals surface area contributed by atoms with E-state index in [1.54, 1.807) is 55.1 Å². The van der Waals surface area contributed by atoms with Gasteiger partial charge in [0.15, 0.2) is 0 Å². The molecule has 6 rings (SSSR count). The summed E-state index contributed by atoms with van der Waals surface area (Å²) in [7, 11) is -3.87. The summed E-state index contributed by atoms with van der Waals surface area (Å²) in [5, 5.41) is 13.5. The Morgan fingerprint density at radius 1 is 0.885 bits per heavy atom. The molecular formula is C40H43ClN4O6S. The van der Waals surface area contributed by atoms with Crippen LogP contribution in [0.3, 0.4) is 0 Å². The second-order valence-corrected chi connectivity index (χ2v) is 15.9. The quantitative estimate of drug-likeness (QED) is 0.177. The zero-order valence-electron chi connectivity index (χ0n) is 29.4. The fourth-order valence-electron chi connectivity index (χ4n) is 7.65. The summed E-state index contributed by atoms with van der Waals surface area (Å²) in [6.07, 6.45) is 0.361. The number of piperidine rings is 1. The Bertz CT molecular complexity index is 2070. The molecule has 2 heterocycles. The third-order valence-corrected chi connectivity index (χ3v) is 12.0. The van der Waals surface area contributed by atoms with Crippen molar-refractivity contribution in [2.45, 2.75) is 75.9 Å². The van der Waals surface area contributed by atoms with Crippen LogP contribution >= 0.6 is 11.6 Å². The predicted molar refractivity (Wildman–Crippen MR) is 201 cm³/mol. The number of aryl methyl sites for hydroxylation is 3. The zero-order chi connectivity index (χ0) is 37.2. The minimum absolute atomic E-state index is 0.0149. The van der Waals surface area contributed by atoms with E-state index in [9.17, 15) is 27.9 Å². The number of amides is 3. The van der Waals surface area contributed by atoms with Crippen molar-refractivity contribution in [1.82, 2.24) is 15.1 Å². The van der Waals surface area contributed by atoms with Crippen molar-refractivity contribution in [3.63, 3.8) is 0 Å². The van der Waals surface area contributed by atoms with Gasteiger partial charge in [0.1, 0.15) is 12.1 Å². The molecule has 2 atom stereocenters. The highest BCUT2D eigenvalue weighted by molar-refractivity contribution is 7.92. The molecule has 3 N–H and O–H groups in total. The van der Waals surface area contributed by atoms with E-state index in [0.29, 0.717) is 47.8 Å². The van der Waals surface area contributed by atoms with Crippen LogP contribution in [0.2, 0.25) is 5.02 Å². The first-order chi connectivity index (χ1) is 24.8. The number of carbonyl (C=O) groups is 3. The lowest BCUT2D eigenvalue weighted by Crippen LogP contribution is -2.58. The average Bonchev–Trinajstić information content (AvgIpc) is 3.11. The molecule has 2 aliphatic rings. The Hall–Kier alpha value is -4.87. The summed E-state index contributed by atoms with van der Waals surface area (Å²) in [5.74, 6) is -0.808. The van der Waals surface area contributed by atoms with Crippen LogP contribution in [0, 0.1) is 20.8 Å². The third-order valence-electron chi connectivity index (χ3n) is 10.1. The third kappa shape index (κ3) is 8.11. The molecule has 2 aliphatic heterocycles. The van der Waals surface area contributed by atoms with Crippen LogP contribution in [0.1, 0.15) is 57.7 Å². The summed E-state index contributed by atoms with van der Waals surface area (Å²) in [4.78, 5) is 43.4. The second-order valence-electron chi connectivity index (χ2n) is 13.8. The molecule has 3 amide bonds. The maximum absolute atomic E-state index is 14.2. The van der Waals surface area contributed by atoms with Crippen LogP contribution in [-0.4, -0.2) is 66.4 Å². The van der Waals surface area contributed by atoms with Gasteiger partial charge in [0, 0.05) is 31.0 Å². The van der Waals surface area contributed by atoms with Crippen LogP contribution in [0.4, 0.5) is 10.5 Å². The Labute approximate surface area is 309 Å². The molecule has 0 saturated carbocycles. The lowest BCUT2D eigenvalue weighted by molar-refractivity contribution is -0.138. The van der Waals surface area contributed by atoms with Gasteiger partial charge in [-0.05, 0) is 91.1 Å². The Morgan fingerprint density at radius 2 is 1.50 bits per heavy atom. The monoisotopic (exact) mass is 742 g/mol. The van der Waals surface area contributed by atoms with Gasteiger partial charge in [-0.2, -0.15) is 0 Å². The van der Waals surface area contributed by atoms with E-state index in [1.807, 2.05) is 55.5 Å². The minimum Gasteiger partial charge on any atom is -0.465 e. The van der Waals surface area contributed by atoms with Crippen LogP contribution in [-0.2, 0) is 39.0 Å². The highest BCUT2D eigenvalue weighted by Crippen LogP contribution is 2.35. The van der Waals surface area contributed by atoms with Crippen molar-refractivity contribution in [2.24, 2.45) is 0 Å². The molecular weight excluding hydrogens is 700 g/mol. The molecule has 4 aromatic rings.